The molecule has 1 aliphatic heterocycles. The maximum Gasteiger partial charge on any atom is 0.416 e. The summed E-state index contributed by atoms with van der Waals surface area (Å²) in [6.07, 6.45) is -11.7. The lowest BCUT2D eigenvalue weighted by atomic mass is 10.0. The molecule has 2 aromatic carbocycles. The van der Waals surface area contributed by atoms with Gasteiger partial charge in [-0.3, -0.25) is 9.59 Å². The molecular weight excluding hydrogens is 518 g/mol. The molecule has 2 N–H and O–H groups in total. The number of carbonyl (C=O) groups is 2. The third-order valence-electron chi connectivity index (χ3n) is 5.89. The van der Waals surface area contributed by atoms with E-state index in [4.69, 9.17) is 4.74 Å². The van der Waals surface area contributed by atoms with Gasteiger partial charge in [0.25, 0.3) is 0 Å². The fourth-order valence-corrected chi connectivity index (χ4v) is 3.84. The van der Waals surface area contributed by atoms with Crippen LogP contribution in [0.4, 0.5) is 32.2 Å². The molecule has 1 saturated heterocycles. The summed E-state index contributed by atoms with van der Waals surface area (Å²) in [5.41, 5.74) is -0.624. The molecule has 38 heavy (non-hydrogen) atoms. The van der Waals surface area contributed by atoms with Gasteiger partial charge in [-0.15, -0.1) is 5.10 Å². The van der Waals surface area contributed by atoms with Crippen molar-refractivity contribution < 1.29 is 40.7 Å². The molecule has 0 spiro atoms. The smallest absolute Gasteiger partial charge is 0.364 e. The van der Waals surface area contributed by atoms with Crippen molar-refractivity contribution in [3.63, 3.8) is 0 Å². The Hall–Kier alpha value is -3.87. The van der Waals surface area contributed by atoms with Crippen LogP contribution in [0.5, 0.6) is 0 Å². The number of benzene rings is 2. The average Bonchev–Trinajstić information content (AvgIpc) is 3.48. The highest BCUT2D eigenvalue weighted by Gasteiger charge is 2.37. The van der Waals surface area contributed by atoms with E-state index in [1.807, 2.05) is 0 Å². The molecule has 13 heteroatoms. The van der Waals surface area contributed by atoms with Crippen LogP contribution in [-0.4, -0.2) is 40.4 Å². The number of hydrogen-bond acceptors (Lipinski definition) is 4. The number of ether oxygens (including phenoxy) is 1. The molecule has 0 saturated carbocycles. The molecule has 0 unspecified atom stereocenters. The summed E-state index contributed by atoms with van der Waals surface area (Å²) in [6.45, 7) is 0.189. The molecule has 0 aliphatic carbocycles. The summed E-state index contributed by atoms with van der Waals surface area (Å²) in [4.78, 5) is 24.1. The van der Waals surface area contributed by atoms with Gasteiger partial charge in [-0.2, -0.15) is 26.3 Å². The molecule has 1 aromatic heterocycles. The van der Waals surface area contributed by atoms with Crippen molar-refractivity contribution in [2.75, 3.05) is 11.9 Å². The topological polar surface area (TPSA) is 85.2 Å². The number of nitrogens with one attached hydrogen (secondary N) is 2. The van der Waals surface area contributed by atoms with Crippen LogP contribution >= 0.6 is 0 Å². The van der Waals surface area contributed by atoms with E-state index in [0.29, 0.717) is 5.69 Å². The van der Waals surface area contributed by atoms with Gasteiger partial charge in [-0.1, -0.05) is 18.2 Å². The van der Waals surface area contributed by atoms with E-state index in [1.165, 1.54) is 16.8 Å². The number of amides is 2. The summed E-state index contributed by atoms with van der Waals surface area (Å²) in [7, 11) is 0. The Kier molecular flexibility index (Phi) is 7.49. The molecule has 202 valence electrons. The molecular formula is C25H22F6N4O3. The summed E-state index contributed by atoms with van der Waals surface area (Å²) < 4.78 is 85.9. The van der Waals surface area contributed by atoms with E-state index in [9.17, 15) is 35.9 Å². The third kappa shape index (κ3) is 6.33. The van der Waals surface area contributed by atoms with Gasteiger partial charge < -0.3 is 15.4 Å². The van der Waals surface area contributed by atoms with E-state index in [2.05, 4.69) is 15.7 Å². The minimum absolute atomic E-state index is 0.00681. The first-order valence-corrected chi connectivity index (χ1v) is 11.4. The van der Waals surface area contributed by atoms with Gasteiger partial charge in [0.1, 0.15) is 0 Å². The van der Waals surface area contributed by atoms with Crippen molar-refractivity contribution >= 4 is 17.6 Å². The molecule has 1 aliphatic rings. The number of carbonyl (C=O) groups excluding carboxylic acids is 2. The van der Waals surface area contributed by atoms with Crippen molar-refractivity contribution in [2.45, 2.75) is 38.4 Å². The van der Waals surface area contributed by atoms with E-state index in [1.54, 1.807) is 30.3 Å². The number of halogens is 6. The Bertz CT molecular complexity index is 1320. The van der Waals surface area contributed by atoms with Gasteiger partial charge in [-0.25, -0.2) is 4.68 Å². The van der Waals surface area contributed by atoms with Crippen LogP contribution in [-0.2, 0) is 27.1 Å². The van der Waals surface area contributed by atoms with Crippen molar-refractivity contribution in [3.05, 3.63) is 65.7 Å². The minimum Gasteiger partial charge on any atom is -0.364 e. The number of anilines is 1. The Morgan fingerprint density at radius 1 is 1.13 bits per heavy atom. The Labute approximate surface area is 212 Å². The van der Waals surface area contributed by atoms with Crippen LogP contribution in [0.25, 0.3) is 16.9 Å². The molecule has 2 heterocycles. The van der Waals surface area contributed by atoms with Gasteiger partial charge in [0.05, 0.1) is 29.5 Å². The Balaban J connectivity index is 1.74. The largest absolute Gasteiger partial charge is 0.416 e. The van der Waals surface area contributed by atoms with E-state index < -0.39 is 42.5 Å². The number of para-hydroxylation sites is 1. The zero-order valence-electron chi connectivity index (χ0n) is 19.9. The molecule has 4 rings (SSSR count). The lowest BCUT2D eigenvalue weighted by molar-refractivity contribution is -0.217. The van der Waals surface area contributed by atoms with Gasteiger partial charge in [0, 0.05) is 24.6 Å². The maximum atomic E-state index is 13.7. The number of aromatic nitrogens is 2. The zero-order chi connectivity index (χ0) is 27.7. The molecule has 2 amide bonds. The maximum absolute atomic E-state index is 13.7. The molecule has 0 bridgehead atoms. The summed E-state index contributed by atoms with van der Waals surface area (Å²) in [6, 6.07) is 12.6. The number of nitrogens with zero attached hydrogens (tertiary/aromatic N) is 2. The van der Waals surface area contributed by atoms with Crippen LogP contribution in [0.2, 0.25) is 0 Å². The predicted octanol–water partition coefficient (Wildman–Crippen LogP) is 5.10. The highest BCUT2D eigenvalue weighted by Crippen LogP contribution is 2.35. The molecule has 0 radical (unpaired) electrons. The molecule has 2 atom stereocenters. The lowest BCUT2D eigenvalue weighted by Crippen LogP contribution is -2.28. The van der Waals surface area contributed by atoms with Gasteiger partial charge >= 0.3 is 12.4 Å². The van der Waals surface area contributed by atoms with Crippen molar-refractivity contribution in [1.29, 1.82) is 0 Å². The minimum atomic E-state index is -4.79. The summed E-state index contributed by atoms with van der Waals surface area (Å²) in [5.74, 6) is -1.39. The van der Waals surface area contributed by atoms with E-state index in [-0.39, 0.29) is 41.5 Å². The van der Waals surface area contributed by atoms with Crippen LogP contribution in [0, 0.1) is 5.92 Å². The van der Waals surface area contributed by atoms with Crippen LogP contribution in [0.15, 0.2) is 54.6 Å². The second-order valence-corrected chi connectivity index (χ2v) is 8.77. The summed E-state index contributed by atoms with van der Waals surface area (Å²) in [5, 5.41) is 9.47. The highest BCUT2D eigenvalue weighted by atomic mass is 19.4. The number of hydrogen-bond donors (Lipinski definition) is 2. The second-order valence-electron chi connectivity index (χ2n) is 8.77. The average molecular weight is 540 g/mol. The van der Waals surface area contributed by atoms with Gasteiger partial charge in [-0.05, 0) is 42.8 Å². The van der Waals surface area contributed by atoms with E-state index >= 15 is 0 Å². The third-order valence-corrected chi connectivity index (χ3v) is 5.89. The standard InChI is InChI=1S/C25H22F6N4O3/c1-14(24(26,27)28)38-13-15-7-16(9-18(8-15)25(29,30)31)20-11-21(33-23(37)17-10-22(36)32-12-17)34-35(20)19-5-3-2-4-6-19/h2-9,11,14,17H,10,12-13H2,1H3,(H,32,36)(H,33,34,37)/t14-,17+/m1/s1. The Morgan fingerprint density at radius 3 is 2.45 bits per heavy atom. The first kappa shape index (κ1) is 27.2. The monoisotopic (exact) mass is 540 g/mol. The molecule has 3 aromatic rings. The number of rotatable bonds is 7. The molecule has 7 nitrogen and oxygen atoms in total. The van der Waals surface area contributed by atoms with Crippen molar-refractivity contribution in [2.24, 2.45) is 5.92 Å². The second kappa shape index (κ2) is 10.5. The zero-order valence-corrected chi connectivity index (χ0v) is 19.9. The number of alkyl halides is 6. The summed E-state index contributed by atoms with van der Waals surface area (Å²) >= 11 is 0. The predicted molar refractivity (Wildman–Crippen MR) is 124 cm³/mol. The van der Waals surface area contributed by atoms with Crippen LogP contribution in [0.1, 0.15) is 24.5 Å². The first-order chi connectivity index (χ1) is 17.8. The quantitative estimate of drug-likeness (QED) is 0.409. The normalized spacial score (nSPS) is 16.8. The van der Waals surface area contributed by atoms with Crippen molar-refractivity contribution in [3.8, 4) is 16.9 Å². The highest BCUT2D eigenvalue weighted by molar-refractivity contribution is 5.97. The Morgan fingerprint density at radius 2 is 1.84 bits per heavy atom. The fourth-order valence-electron chi connectivity index (χ4n) is 3.84. The van der Waals surface area contributed by atoms with Crippen LogP contribution in [0.3, 0.4) is 0 Å². The lowest BCUT2D eigenvalue weighted by Gasteiger charge is -2.18. The first-order valence-electron chi connectivity index (χ1n) is 11.4. The van der Waals surface area contributed by atoms with Gasteiger partial charge in [0.2, 0.25) is 11.8 Å². The SMILES string of the molecule is C[C@@H](OCc1cc(-c2cc(NC(=O)[C@@H]3CNC(=O)C3)nn2-c2ccccc2)cc(C(F)(F)F)c1)C(F)(F)F. The van der Waals surface area contributed by atoms with Gasteiger partial charge in [0.15, 0.2) is 11.9 Å². The fraction of sp³-hybridized carbons (Fsp3) is 0.320. The van der Waals surface area contributed by atoms with E-state index in [0.717, 1.165) is 19.1 Å². The van der Waals surface area contributed by atoms with Crippen molar-refractivity contribution in [1.82, 2.24) is 15.1 Å². The van der Waals surface area contributed by atoms with Crippen LogP contribution < -0.4 is 10.6 Å². The molecule has 1 fully saturated rings.